The Kier molecular flexibility index (Phi) is 4.20. The van der Waals surface area contributed by atoms with Crippen molar-refractivity contribution in [2.24, 2.45) is 5.73 Å². The normalized spacial score (nSPS) is 14.3. The second-order valence-electron chi connectivity index (χ2n) is 3.08. The van der Waals surface area contributed by atoms with Gasteiger partial charge >= 0.3 is 5.97 Å². The van der Waals surface area contributed by atoms with E-state index in [1.807, 2.05) is 13.8 Å². The molecule has 0 heterocycles. The maximum absolute atomic E-state index is 10.4. The molecule has 0 aliphatic heterocycles. The zero-order valence-corrected chi connectivity index (χ0v) is 7.58. The minimum Gasteiger partial charge on any atom is -0.480 e. The summed E-state index contributed by atoms with van der Waals surface area (Å²) in [6, 6.07) is -0.963. The standard InChI is InChI=1S/C8H17NO3/c1-3-8(12,4-2)5-6(9)7(10)11/h6,12H,3-5,9H2,1-2H3,(H,10,11)/t6-/m0/s1. The Morgan fingerprint density at radius 1 is 1.50 bits per heavy atom. The minimum absolute atomic E-state index is 0.120. The van der Waals surface area contributed by atoms with Crippen molar-refractivity contribution in [3.8, 4) is 0 Å². The molecule has 0 aromatic rings. The van der Waals surface area contributed by atoms with E-state index >= 15 is 0 Å². The van der Waals surface area contributed by atoms with Crippen LogP contribution in [0.25, 0.3) is 0 Å². The van der Waals surface area contributed by atoms with Crippen LogP contribution < -0.4 is 5.73 Å². The van der Waals surface area contributed by atoms with E-state index in [0.29, 0.717) is 12.8 Å². The fourth-order valence-electron chi connectivity index (χ4n) is 1.04. The van der Waals surface area contributed by atoms with E-state index in [2.05, 4.69) is 0 Å². The van der Waals surface area contributed by atoms with Crippen molar-refractivity contribution < 1.29 is 15.0 Å². The van der Waals surface area contributed by atoms with E-state index in [1.54, 1.807) is 0 Å². The van der Waals surface area contributed by atoms with Gasteiger partial charge in [-0.1, -0.05) is 13.8 Å². The van der Waals surface area contributed by atoms with Crippen molar-refractivity contribution in [2.45, 2.75) is 44.8 Å². The molecular formula is C8H17NO3. The summed E-state index contributed by atoms with van der Waals surface area (Å²) in [5, 5.41) is 18.2. The van der Waals surface area contributed by atoms with E-state index in [0.717, 1.165) is 0 Å². The van der Waals surface area contributed by atoms with Gasteiger partial charge in [0.15, 0.2) is 0 Å². The number of rotatable bonds is 5. The van der Waals surface area contributed by atoms with Gasteiger partial charge in [-0.2, -0.15) is 0 Å². The number of carbonyl (C=O) groups is 1. The number of carboxylic acid groups (broad SMARTS) is 1. The summed E-state index contributed by atoms with van der Waals surface area (Å²) in [4.78, 5) is 10.4. The third-order valence-corrected chi connectivity index (χ3v) is 2.23. The average molecular weight is 175 g/mol. The van der Waals surface area contributed by atoms with Crippen molar-refractivity contribution >= 4 is 5.97 Å². The van der Waals surface area contributed by atoms with Gasteiger partial charge in [-0.05, 0) is 12.8 Å². The van der Waals surface area contributed by atoms with E-state index in [1.165, 1.54) is 0 Å². The Labute approximate surface area is 72.4 Å². The van der Waals surface area contributed by atoms with Gasteiger partial charge in [0.05, 0.1) is 5.60 Å². The lowest BCUT2D eigenvalue weighted by Crippen LogP contribution is -2.40. The minimum atomic E-state index is -1.06. The third kappa shape index (κ3) is 3.19. The monoisotopic (exact) mass is 175 g/mol. The predicted molar refractivity (Wildman–Crippen MR) is 45.8 cm³/mol. The van der Waals surface area contributed by atoms with Crippen LogP contribution in [-0.4, -0.2) is 27.8 Å². The van der Waals surface area contributed by atoms with Crippen LogP contribution in [0.2, 0.25) is 0 Å². The molecule has 0 aliphatic rings. The van der Waals surface area contributed by atoms with Gasteiger partial charge in [0.25, 0.3) is 0 Å². The molecule has 0 bridgehead atoms. The van der Waals surface area contributed by atoms with Gasteiger partial charge in [0.2, 0.25) is 0 Å². The summed E-state index contributed by atoms with van der Waals surface area (Å²) in [6.45, 7) is 3.64. The molecule has 0 aromatic carbocycles. The average Bonchev–Trinajstić information content (AvgIpc) is 2.04. The topological polar surface area (TPSA) is 83.5 Å². The molecule has 0 saturated heterocycles. The van der Waals surface area contributed by atoms with Gasteiger partial charge in [-0.3, -0.25) is 4.79 Å². The number of aliphatic carboxylic acids is 1. The van der Waals surface area contributed by atoms with Crippen LogP contribution in [0.4, 0.5) is 0 Å². The van der Waals surface area contributed by atoms with Crippen molar-refractivity contribution in [1.82, 2.24) is 0 Å². The van der Waals surface area contributed by atoms with Crippen LogP contribution in [0.15, 0.2) is 0 Å². The van der Waals surface area contributed by atoms with Gasteiger partial charge in [-0.15, -0.1) is 0 Å². The molecule has 0 rings (SSSR count). The van der Waals surface area contributed by atoms with Gasteiger partial charge in [0.1, 0.15) is 6.04 Å². The largest absolute Gasteiger partial charge is 0.480 e. The Bertz CT molecular complexity index is 154. The molecule has 1 atom stereocenters. The van der Waals surface area contributed by atoms with Crippen LogP contribution >= 0.6 is 0 Å². The van der Waals surface area contributed by atoms with E-state index in [4.69, 9.17) is 10.8 Å². The summed E-state index contributed by atoms with van der Waals surface area (Å²) in [7, 11) is 0. The smallest absolute Gasteiger partial charge is 0.320 e. The lowest BCUT2D eigenvalue weighted by atomic mass is 9.90. The Morgan fingerprint density at radius 3 is 2.17 bits per heavy atom. The highest BCUT2D eigenvalue weighted by molar-refractivity contribution is 5.73. The number of nitrogens with two attached hydrogens (primary N) is 1. The van der Waals surface area contributed by atoms with E-state index in [-0.39, 0.29) is 6.42 Å². The van der Waals surface area contributed by atoms with Crippen molar-refractivity contribution in [1.29, 1.82) is 0 Å². The molecule has 0 radical (unpaired) electrons. The molecule has 4 N–H and O–H groups in total. The summed E-state index contributed by atoms with van der Waals surface area (Å²) < 4.78 is 0. The van der Waals surface area contributed by atoms with E-state index in [9.17, 15) is 9.90 Å². The number of hydrogen-bond acceptors (Lipinski definition) is 3. The number of aliphatic hydroxyl groups is 1. The Morgan fingerprint density at radius 2 is 1.92 bits per heavy atom. The highest BCUT2D eigenvalue weighted by Gasteiger charge is 2.28. The van der Waals surface area contributed by atoms with Gasteiger partial charge < -0.3 is 15.9 Å². The van der Waals surface area contributed by atoms with Crippen LogP contribution in [0.3, 0.4) is 0 Å². The summed E-state index contributed by atoms with van der Waals surface area (Å²) in [5.41, 5.74) is 4.38. The molecule has 0 aliphatic carbocycles. The second-order valence-corrected chi connectivity index (χ2v) is 3.08. The highest BCUT2D eigenvalue weighted by atomic mass is 16.4. The number of hydrogen-bond donors (Lipinski definition) is 3. The molecule has 0 fully saturated rings. The van der Waals surface area contributed by atoms with E-state index < -0.39 is 17.6 Å². The first-order valence-corrected chi connectivity index (χ1v) is 4.16. The fourth-order valence-corrected chi connectivity index (χ4v) is 1.04. The summed E-state index contributed by atoms with van der Waals surface area (Å²) >= 11 is 0. The first kappa shape index (κ1) is 11.4. The predicted octanol–water partition coefficient (Wildman–Crippen LogP) is 0.339. The summed E-state index contributed by atoms with van der Waals surface area (Å²) in [5.74, 6) is -1.06. The van der Waals surface area contributed by atoms with Crippen LogP contribution in [0, 0.1) is 0 Å². The first-order chi connectivity index (χ1) is 5.45. The van der Waals surface area contributed by atoms with Crippen molar-refractivity contribution in [3.63, 3.8) is 0 Å². The fraction of sp³-hybridized carbons (Fsp3) is 0.875. The van der Waals surface area contributed by atoms with Crippen molar-refractivity contribution in [3.05, 3.63) is 0 Å². The quantitative estimate of drug-likeness (QED) is 0.562. The molecule has 12 heavy (non-hydrogen) atoms. The zero-order chi connectivity index (χ0) is 9.78. The third-order valence-electron chi connectivity index (χ3n) is 2.23. The molecular weight excluding hydrogens is 158 g/mol. The lowest BCUT2D eigenvalue weighted by Gasteiger charge is -2.26. The molecule has 0 unspecified atom stereocenters. The van der Waals surface area contributed by atoms with Crippen LogP contribution in [0.1, 0.15) is 33.1 Å². The lowest BCUT2D eigenvalue weighted by molar-refractivity contribution is -0.140. The molecule has 72 valence electrons. The molecule has 0 amide bonds. The zero-order valence-electron chi connectivity index (χ0n) is 7.58. The first-order valence-electron chi connectivity index (χ1n) is 4.16. The van der Waals surface area contributed by atoms with Gasteiger partial charge in [-0.25, -0.2) is 0 Å². The van der Waals surface area contributed by atoms with Crippen molar-refractivity contribution in [2.75, 3.05) is 0 Å². The van der Waals surface area contributed by atoms with Crippen LogP contribution in [0.5, 0.6) is 0 Å². The molecule has 4 nitrogen and oxygen atoms in total. The Balaban J connectivity index is 4.11. The van der Waals surface area contributed by atoms with Gasteiger partial charge in [0, 0.05) is 6.42 Å². The molecule has 0 spiro atoms. The maximum atomic E-state index is 10.4. The SMILES string of the molecule is CCC(O)(CC)C[C@H](N)C(=O)O. The summed E-state index contributed by atoms with van der Waals surface area (Å²) in [6.07, 6.45) is 1.18. The molecule has 0 saturated carbocycles. The Hall–Kier alpha value is -0.610. The molecule has 0 aromatic heterocycles. The number of carboxylic acids is 1. The van der Waals surface area contributed by atoms with Crippen LogP contribution in [-0.2, 0) is 4.79 Å². The highest BCUT2D eigenvalue weighted by Crippen LogP contribution is 2.20. The second kappa shape index (κ2) is 4.42. The molecule has 4 heteroatoms. The maximum Gasteiger partial charge on any atom is 0.320 e.